The van der Waals surface area contributed by atoms with Crippen molar-refractivity contribution in [1.82, 2.24) is 0 Å². The minimum Gasteiger partial charge on any atom is -0.463 e. The fourth-order valence-electron chi connectivity index (χ4n) is 16.2. The Bertz CT molecular complexity index is 2450. The second-order valence-corrected chi connectivity index (χ2v) is 25.9. The van der Waals surface area contributed by atoms with Crippen molar-refractivity contribution < 1.29 is 105 Å². The van der Waals surface area contributed by atoms with E-state index in [2.05, 4.69) is 47.6 Å². The molecule has 20 atom stereocenters. The Morgan fingerprint density at radius 2 is 0.952 bits per heavy atom. The summed E-state index contributed by atoms with van der Waals surface area (Å²) >= 11 is 0. The molecule has 0 amide bonds. The van der Waals surface area contributed by atoms with E-state index in [1.54, 1.807) is 0 Å². The van der Waals surface area contributed by atoms with Crippen molar-refractivity contribution in [2.75, 3.05) is 19.8 Å². The molecular formula is C61H92O22. The van der Waals surface area contributed by atoms with Crippen molar-refractivity contribution in [3.8, 4) is 0 Å². The molecule has 6 aliphatic rings. The van der Waals surface area contributed by atoms with Gasteiger partial charge in [-0.1, -0.05) is 53.2 Å². The van der Waals surface area contributed by atoms with Gasteiger partial charge in [0, 0.05) is 68.2 Å². The van der Waals surface area contributed by atoms with Gasteiger partial charge in [-0.2, -0.15) is 0 Å². The summed E-state index contributed by atoms with van der Waals surface area (Å²) < 4.78 is 78.5. The highest BCUT2D eigenvalue weighted by Crippen LogP contribution is 2.77. The Kier molecular flexibility index (Phi) is 21.5. The lowest BCUT2D eigenvalue weighted by atomic mass is 9.35. The largest absolute Gasteiger partial charge is 0.463 e. The van der Waals surface area contributed by atoms with Crippen LogP contribution in [-0.4, -0.2) is 147 Å². The van der Waals surface area contributed by atoms with Crippen LogP contribution >= 0.6 is 0 Å². The van der Waals surface area contributed by atoms with E-state index in [9.17, 15) is 43.2 Å². The van der Waals surface area contributed by atoms with Crippen LogP contribution in [0.15, 0.2) is 11.6 Å². The minimum atomic E-state index is -1.42. The van der Waals surface area contributed by atoms with Gasteiger partial charge in [0.1, 0.15) is 31.5 Å². The lowest BCUT2D eigenvalue weighted by Gasteiger charge is -2.71. The molecule has 22 heteroatoms. The van der Waals surface area contributed by atoms with Crippen LogP contribution in [0.5, 0.6) is 0 Å². The number of hydrogen-bond donors (Lipinski definition) is 0. The van der Waals surface area contributed by atoms with Crippen molar-refractivity contribution in [2.24, 2.45) is 50.7 Å². The molecule has 0 aromatic heterocycles. The van der Waals surface area contributed by atoms with Crippen LogP contribution < -0.4 is 0 Å². The Morgan fingerprint density at radius 3 is 1.42 bits per heavy atom. The van der Waals surface area contributed by atoms with Gasteiger partial charge in [-0.15, -0.1) is 0 Å². The van der Waals surface area contributed by atoms with Gasteiger partial charge in [-0.25, -0.2) is 0 Å². The molecule has 468 valence electrons. The van der Waals surface area contributed by atoms with Crippen LogP contribution in [0.4, 0.5) is 0 Å². The van der Waals surface area contributed by atoms with E-state index in [1.807, 2.05) is 13.8 Å². The van der Waals surface area contributed by atoms with Gasteiger partial charge in [-0.05, 0) is 116 Å². The quantitative estimate of drug-likeness (QED) is 0.0493. The fourth-order valence-corrected chi connectivity index (χ4v) is 16.2. The second kappa shape index (κ2) is 26.6. The van der Waals surface area contributed by atoms with E-state index < -0.39 is 145 Å². The van der Waals surface area contributed by atoms with Crippen LogP contribution in [0.25, 0.3) is 0 Å². The molecule has 4 saturated carbocycles. The first kappa shape index (κ1) is 66.9. The molecular weight excluding hydrogens is 1080 g/mol. The summed E-state index contributed by atoms with van der Waals surface area (Å²) in [5, 5.41) is 0. The average molecular weight is 1180 g/mol. The minimum absolute atomic E-state index is 0.0381. The van der Waals surface area contributed by atoms with Crippen molar-refractivity contribution in [3.05, 3.63) is 11.6 Å². The third-order valence-electron chi connectivity index (χ3n) is 19.6. The Labute approximate surface area is 488 Å². The van der Waals surface area contributed by atoms with Gasteiger partial charge in [0.2, 0.25) is 0 Å². The molecule has 22 nitrogen and oxygen atoms in total. The highest BCUT2D eigenvalue weighted by Gasteiger charge is 2.72. The third kappa shape index (κ3) is 14.7. The first-order valence-corrected chi connectivity index (χ1v) is 29.3. The summed E-state index contributed by atoms with van der Waals surface area (Å²) in [7, 11) is 0. The Balaban J connectivity index is 1.35. The SMILES string of the molecule is CC(=O)OCC1OC(OCC(C)(CCC=C(C)C)C2CC[C@]3(C)C2C(OC(C)=O)CC2[C@@]4(C)CCC(OC5OC(COC(C)=O)C(OC(C)=O)C(OC(C)=O)C5OC(C)=O)C(C)(C)C4CC[C@]23C)C(OC(C)=O)C(OC(C)=O)C1OC(C)=O. The maximum atomic E-state index is 13.5. The molecule has 6 fully saturated rings. The van der Waals surface area contributed by atoms with E-state index in [1.165, 1.54) is 55.4 Å². The smallest absolute Gasteiger partial charge is 0.303 e. The zero-order chi connectivity index (χ0) is 61.9. The van der Waals surface area contributed by atoms with Gasteiger partial charge in [0.05, 0.1) is 12.7 Å². The highest BCUT2D eigenvalue weighted by molar-refractivity contribution is 5.70. The summed E-state index contributed by atoms with van der Waals surface area (Å²) in [5.41, 5.74) is -1.10. The summed E-state index contributed by atoms with van der Waals surface area (Å²) in [5.74, 6) is -6.29. The van der Waals surface area contributed by atoms with Gasteiger partial charge < -0.3 is 61.6 Å². The molecule has 17 unspecified atom stereocenters. The zero-order valence-electron chi connectivity index (χ0n) is 51.8. The molecule has 2 heterocycles. The van der Waals surface area contributed by atoms with E-state index in [0.29, 0.717) is 32.1 Å². The highest BCUT2D eigenvalue weighted by atomic mass is 16.8. The Morgan fingerprint density at radius 1 is 0.506 bits per heavy atom. The van der Waals surface area contributed by atoms with Gasteiger partial charge >= 0.3 is 53.7 Å². The van der Waals surface area contributed by atoms with Gasteiger partial charge in [-0.3, -0.25) is 43.2 Å². The number of hydrogen-bond acceptors (Lipinski definition) is 22. The van der Waals surface area contributed by atoms with E-state index in [0.717, 1.165) is 38.2 Å². The molecule has 4 aliphatic carbocycles. The molecule has 0 aromatic rings. The summed E-state index contributed by atoms with van der Waals surface area (Å²) in [6.45, 7) is 27.9. The monoisotopic (exact) mass is 1180 g/mol. The topological polar surface area (TPSA) is 274 Å². The molecule has 83 heavy (non-hydrogen) atoms. The maximum Gasteiger partial charge on any atom is 0.303 e. The Hall–Kier alpha value is -5.19. The molecule has 2 saturated heterocycles. The predicted molar refractivity (Wildman–Crippen MR) is 291 cm³/mol. The molecule has 2 aliphatic heterocycles. The zero-order valence-corrected chi connectivity index (χ0v) is 51.8. The molecule has 0 radical (unpaired) electrons. The molecule has 0 bridgehead atoms. The number of allylic oxidation sites excluding steroid dienone is 2. The number of esters is 9. The number of carbonyl (C=O) groups is 9. The van der Waals surface area contributed by atoms with Crippen molar-refractivity contribution >= 4 is 53.7 Å². The van der Waals surface area contributed by atoms with Gasteiger partial charge in [0.25, 0.3) is 0 Å². The first-order chi connectivity index (χ1) is 38.6. The summed E-state index contributed by atoms with van der Waals surface area (Å²) in [6.07, 6.45) is -5.96. The van der Waals surface area contributed by atoms with Crippen LogP contribution in [0, 0.1) is 50.7 Å². The van der Waals surface area contributed by atoms with Crippen LogP contribution in [0.1, 0.15) is 175 Å². The van der Waals surface area contributed by atoms with E-state index in [-0.39, 0.29) is 53.1 Å². The second-order valence-electron chi connectivity index (χ2n) is 25.9. The van der Waals surface area contributed by atoms with Crippen LogP contribution in [0.3, 0.4) is 0 Å². The summed E-state index contributed by atoms with van der Waals surface area (Å²) in [6, 6.07) is 0. The standard InChI is InChI=1S/C61H92O22/c1-31(2)19-18-23-58(14,30-73-55-53(79-39(10)69)51(77-37(8)67)49(75-35(6)65)43(81-55)28-71-32(3)62)41-20-25-61(17)48(41)42(74-34(5)64)27-46-59(15)24-22-47(57(12,13)45(59)21-26-60(46,61)16)83-56-54(80-40(11)70)52(78-38(9)68)50(76-36(7)66)44(82-56)29-72-33(4)63/h19,41-56H,18,20-30H2,1-17H3/t41?,42?,43?,44?,45?,46?,47?,48?,49?,50?,51?,52?,53?,54?,55?,56?,58?,59-,60+,61+/m0/s1. The predicted octanol–water partition coefficient (Wildman–Crippen LogP) is 7.53. The number of carbonyl (C=O) groups excluding carboxylic acids is 9. The summed E-state index contributed by atoms with van der Waals surface area (Å²) in [4.78, 5) is 114. The first-order valence-electron chi connectivity index (χ1n) is 29.3. The molecule has 0 N–H and O–H groups in total. The van der Waals surface area contributed by atoms with Crippen molar-refractivity contribution in [2.45, 2.75) is 249 Å². The number of ether oxygens (including phenoxy) is 13. The lowest BCUT2D eigenvalue weighted by molar-refractivity contribution is -0.335. The normalized spacial score (nSPS) is 37.7. The lowest BCUT2D eigenvalue weighted by Crippen LogP contribution is -2.68. The molecule has 0 spiro atoms. The average Bonchev–Trinajstić information content (AvgIpc) is 1.70. The molecule has 6 rings (SSSR count). The van der Waals surface area contributed by atoms with Crippen LogP contribution in [-0.2, 0) is 105 Å². The van der Waals surface area contributed by atoms with Crippen molar-refractivity contribution in [3.63, 3.8) is 0 Å². The maximum absolute atomic E-state index is 13.5. The molecule has 0 aromatic carbocycles. The van der Waals surface area contributed by atoms with Crippen LogP contribution in [0.2, 0.25) is 0 Å². The van der Waals surface area contributed by atoms with E-state index in [4.69, 9.17) is 61.6 Å². The van der Waals surface area contributed by atoms with Gasteiger partial charge in [0.15, 0.2) is 49.2 Å². The van der Waals surface area contributed by atoms with Crippen molar-refractivity contribution in [1.29, 1.82) is 0 Å². The number of fused-ring (bicyclic) bond motifs is 5. The van der Waals surface area contributed by atoms with E-state index >= 15 is 0 Å². The fraction of sp³-hybridized carbons (Fsp3) is 0.820. The third-order valence-corrected chi connectivity index (χ3v) is 19.6. The number of rotatable bonds is 20.